The number of hydrogen-bond donors (Lipinski definition) is 0. The lowest BCUT2D eigenvalue weighted by Gasteiger charge is -2.01. The molecule has 0 aromatic heterocycles. The molecule has 0 radical (unpaired) electrons. The van der Waals surface area contributed by atoms with Crippen LogP contribution in [-0.4, -0.2) is 18.0 Å². The minimum atomic E-state index is -0.591. The summed E-state index contributed by atoms with van der Waals surface area (Å²) in [4.78, 5) is 21.4. The van der Waals surface area contributed by atoms with Gasteiger partial charge in [-0.15, -0.1) is 0 Å². The summed E-state index contributed by atoms with van der Waals surface area (Å²) in [6, 6.07) is 5.53. The maximum Gasteiger partial charge on any atom is 0.337 e. The lowest BCUT2D eigenvalue weighted by atomic mass is 10.1. The van der Waals surface area contributed by atoms with E-state index in [1.165, 1.54) is 31.4 Å². The maximum atomic E-state index is 11.2. The number of carbonyl (C=O) groups is 1. The number of carbonyl (C=O) groups excluding carboxylic acids is 1. The number of rotatable bonds is 3. The monoisotopic (exact) mass is 232 g/mol. The third-order valence-corrected chi connectivity index (χ3v) is 1.98. The topological polar surface area (TPSA) is 93.2 Å². The van der Waals surface area contributed by atoms with Crippen LogP contribution in [0.4, 0.5) is 5.69 Å². The lowest BCUT2D eigenvalue weighted by molar-refractivity contribution is -0.385. The number of allylic oxidation sites excluding steroid dienone is 1. The first kappa shape index (κ1) is 12.4. The van der Waals surface area contributed by atoms with Gasteiger partial charge in [-0.3, -0.25) is 10.1 Å². The van der Waals surface area contributed by atoms with Crippen LogP contribution in [0.5, 0.6) is 0 Å². The SMILES string of the molecule is COC(=O)c1ccc([N+](=O)[O-])c(C=CC#N)c1. The first-order valence-electron chi connectivity index (χ1n) is 4.53. The third kappa shape index (κ3) is 2.89. The molecule has 6 heteroatoms. The number of nitrogens with zero attached hydrogens (tertiary/aromatic N) is 2. The van der Waals surface area contributed by atoms with E-state index in [1.54, 1.807) is 6.07 Å². The molecule has 0 bridgehead atoms. The van der Waals surface area contributed by atoms with Gasteiger partial charge in [0.15, 0.2) is 0 Å². The normalized spacial score (nSPS) is 9.88. The van der Waals surface area contributed by atoms with Crippen LogP contribution in [0.15, 0.2) is 24.3 Å². The van der Waals surface area contributed by atoms with Gasteiger partial charge >= 0.3 is 5.97 Å². The molecule has 0 N–H and O–H groups in total. The minimum absolute atomic E-state index is 0.177. The van der Waals surface area contributed by atoms with Crippen molar-refractivity contribution in [2.24, 2.45) is 0 Å². The van der Waals surface area contributed by atoms with Crippen LogP contribution in [0.1, 0.15) is 15.9 Å². The fraction of sp³-hybridized carbons (Fsp3) is 0.0909. The molecule has 0 saturated heterocycles. The zero-order chi connectivity index (χ0) is 12.8. The molecular weight excluding hydrogens is 224 g/mol. The van der Waals surface area contributed by atoms with Crippen molar-refractivity contribution in [2.75, 3.05) is 7.11 Å². The van der Waals surface area contributed by atoms with Gasteiger partial charge in [0.2, 0.25) is 0 Å². The molecule has 17 heavy (non-hydrogen) atoms. The van der Waals surface area contributed by atoms with E-state index in [9.17, 15) is 14.9 Å². The predicted molar refractivity (Wildman–Crippen MR) is 59.1 cm³/mol. The predicted octanol–water partition coefficient (Wildman–Crippen LogP) is 1.92. The van der Waals surface area contributed by atoms with Crippen molar-refractivity contribution in [3.8, 4) is 6.07 Å². The molecule has 1 aromatic rings. The van der Waals surface area contributed by atoms with Gasteiger partial charge in [0.05, 0.1) is 29.2 Å². The van der Waals surface area contributed by atoms with Gasteiger partial charge in [-0.05, 0) is 18.2 Å². The largest absolute Gasteiger partial charge is 0.465 e. The fourth-order valence-electron chi connectivity index (χ4n) is 1.23. The number of nitriles is 1. The van der Waals surface area contributed by atoms with E-state index < -0.39 is 10.9 Å². The first-order chi connectivity index (χ1) is 8.10. The van der Waals surface area contributed by atoms with E-state index in [0.717, 1.165) is 6.08 Å². The summed E-state index contributed by atoms with van der Waals surface area (Å²) in [5, 5.41) is 19.1. The van der Waals surface area contributed by atoms with Crippen molar-refractivity contribution < 1.29 is 14.5 Å². The molecule has 1 aromatic carbocycles. The molecule has 0 saturated carbocycles. The van der Waals surface area contributed by atoms with Gasteiger partial charge in [-0.25, -0.2) is 4.79 Å². The fourth-order valence-corrected chi connectivity index (χ4v) is 1.23. The van der Waals surface area contributed by atoms with Crippen LogP contribution in [0.25, 0.3) is 6.08 Å². The Balaban J connectivity index is 3.29. The van der Waals surface area contributed by atoms with Crippen LogP contribution in [0.2, 0.25) is 0 Å². The summed E-state index contributed by atoms with van der Waals surface area (Å²) in [5.74, 6) is -0.591. The zero-order valence-corrected chi connectivity index (χ0v) is 8.91. The highest BCUT2D eigenvalue weighted by molar-refractivity contribution is 5.90. The molecule has 0 spiro atoms. The highest BCUT2D eigenvalue weighted by Gasteiger charge is 2.15. The second kappa shape index (κ2) is 5.42. The molecule has 0 amide bonds. The summed E-state index contributed by atoms with van der Waals surface area (Å²) in [6.45, 7) is 0. The molecule has 0 aliphatic heterocycles. The van der Waals surface area contributed by atoms with E-state index in [1.807, 2.05) is 0 Å². The van der Waals surface area contributed by atoms with Crippen molar-refractivity contribution in [2.45, 2.75) is 0 Å². The first-order valence-corrected chi connectivity index (χ1v) is 4.53. The minimum Gasteiger partial charge on any atom is -0.465 e. The van der Waals surface area contributed by atoms with Crippen LogP contribution in [0.3, 0.4) is 0 Å². The second-order valence-electron chi connectivity index (χ2n) is 2.98. The molecule has 0 unspecified atom stereocenters. The average molecular weight is 232 g/mol. The standard InChI is InChI=1S/C11H8N2O4/c1-17-11(14)9-4-5-10(13(15)16)8(7-9)3-2-6-12/h2-5,7H,1H3. The Hall–Kier alpha value is -2.68. The highest BCUT2D eigenvalue weighted by Crippen LogP contribution is 2.21. The number of nitro benzene ring substituents is 1. The molecule has 0 aliphatic carbocycles. The molecular formula is C11H8N2O4. The van der Waals surface area contributed by atoms with Gasteiger partial charge < -0.3 is 4.74 Å². The Kier molecular flexibility index (Phi) is 3.95. The highest BCUT2D eigenvalue weighted by atomic mass is 16.6. The Bertz CT molecular complexity index is 529. The Labute approximate surface area is 96.9 Å². The van der Waals surface area contributed by atoms with E-state index in [2.05, 4.69) is 4.74 Å². The van der Waals surface area contributed by atoms with Crippen molar-refractivity contribution >= 4 is 17.7 Å². The Morgan fingerprint density at radius 3 is 2.82 bits per heavy atom. The van der Waals surface area contributed by atoms with Gasteiger partial charge in [-0.1, -0.05) is 0 Å². The third-order valence-electron chi connectivity index (χ3n) is 1.98. The van der Waals surface area contributed by atoms with E-state index in [-0.39, 0.29) is 16.8 Å². The smallest absolute Gasteiger partial charge is 0.337 e. The van der Waals surface area contributed by atoms with Gasteiger partial charge in [-0.2, -0.15) is 5.26 Å². The summed E-state index contributed by atoms with van der Waals surface area (Å²) in [5.41, 5.74) is 0.194. The van der Waals surface area contributed by atoms with E-state index >= 15 is 0 Å². The summed E-state index contributed by atoms with van der Waals surface area (Å²) in [6.07, 6.45) is 2.37. The Morgan fingerprint density at radius 2 is 2.29 bits per heavy atom. The van der Waals surface area contributed by atoms with Crippen molar-refractivity contribution in [1.29, 1.82) is 5.26 Å². The van der Waals surface area contributed by atoms with Gasteiger partial charge in [0, 0.05) is 12.1 Å². The molecule has 0 aliphatic rings. The molecule has 0 fully saturated rings. The van der Waals surface area contributed by atoms with Crippen molar-refractivity contribution in [3.63, 3.8) is 0 Å². The van der Waals surface area contributed by atoms with Crippen LogP contribution >= 0.6 is 0 Å². The van der Waals surface area contributed by atoms with Gasteiger partial charge in [0.1, 0.15) is 0 Å². The lowest BCUT2D eigenvalue weighted by Crippen LogP contribution is -2.02. The van der Waals surface area contributed by atoms with Gasteiger partial charge in [0.25, 0.3) is 5.69 Å². The Morgan fingerprint density at radius 1 is 1.59 bits per heavy atom. The molecule has 0 heterocycles. The van der Waals surface area contributed by atoms with Crippen molar-refractivity contribution in [3.05, 3.63) is 45.5 Å². The summed E-state index contributed by atoms with van der Waals surface area (Å²) in [7, 11) is 1.22. The van der Waals surface area contributed by atoms with Crippen LogP contribution in [0, 0.1) is 21.4 Å². The molecule has 6 nitrogen and oxygen atoms in total. The van der Waals surface area contributed by atoms with E-state index in [4.69, 9.17) is 5.26 Å². The zero-order valence-electron chi connectivity index (χ0n) is 8.91. The number of nitro groups is 1. The quantitative estimate of drug-likeness (QED) is 0.343. The summed E-state index contributed by atoms with van der Waals surface area (Å²) >= 11 is 0. The second-order valence-corrected chi connectivity index (χ2v) is 2.98. The number of benzene rings is 1. The van der Waals surface area contributed by atoms with Crippen LogP contribution in [-0.2, 0) is 4.74 Å². The number of methoxy groups -OCH3 is 1. The molecule has 0 atom stereocenters. The van der Waals surface area contributed by atoms with Crippen molar-refractivity contribution in [1.82, 2.24) is 0 Å². The van der Waals surface area contributed by atoms with Crippen LogP contribution < -0.4 is 0 Å². The maximum absolute atomic E-state index is 11.2. The molecule has 1 rings (SSSR count). The number of ether oxygens (including phenoxy) is 1. The summed E-state index contributed by atoms with van der Waals surface area (Å²) < 4.78 is 4.50. The molecule has 86 valence electrons. The van der Waals surface area contributed by atoms with E-state index in [0.29, 0.717) is 0 Å². The number of hydrogen-bond acceptors (Lipinski definition) is 5. The number of esters is 1. The average Bonchev–Trinajstić information content (AvgIpc) is 2.34.